The van der Waals surface area contributed by atoms with E-state index < -0.39 is 11.8 Å². The fourth-order valence-electron chi connectivity index (χ4n) is 4.11. The minimum absolute atomic E-state index is 0.0308. The summed E-state index contributed by atoms with van der Waals surface area (Å²) in [6.07, 6.45) is 7.86. The lowest BCUT2D eigenvalue weighted by Gasteiger charge is -2.28. The lowest BCUT2D eigenvalue weighted by Crippen LogP contribution is -2.13. The molecule has 0 aliphatic heterocycles. The number of hydrogen-bond donors (Lipinski definition) is 0. The first-order chi connectivity index (χ1) is 12.6. The van der Waals surface area contributed by atoms with Crippen molar-refractivity contribution in [2.45, 2.75) is 51.4 Å². The molecule has 26 heavy (non-hydrogen) atoms. The number of carbonyl (C=O) groups excluding carboxylic acids is 1. The molecular formula is C23H27FO2. The summed E-state index contributed by atoms with van der Waals surface area (Å²) in [4.78, 5) is 11.5. The van der Waals surface area contributed by atoms with Gasteiger partial charge in [0.25, 0.3) is 0 Å². The number of rotatable bonds is 5. The molecule has 0 radical (unpaired) electrons. The van der Waals surface area contributed by atoms with Gasteiger partial charge in [-0.15, -0.1) is 0 Å². The van der Waals surface area contributed by atoms with Gasteiger partial charge in [0.05, 0.1) is 12.7 Å². The van der Waals surface area contributed by atoms with E-state index in [9.17, 15) is 9.18 Å². The highest BCUT2D eigenvalue weighted by Crippen LogP contribution is 2.38. The largest absolute Gasteiger partial charge is 0.465 e. The SMILES string of the molecule is CCCC1CCC(c2ccc(-c3ccc(C(=O)OC)c(F)c3)cc2)CC1. The fraction of sp³-hybridized carbons (Fsp3) is 0.435. The van der Waals surface area contributed by atoms with E-state index in [-0.39, 0.29) is 5.56 Å². The molecule has 0 spiro atoms. The van der Waals surface area contributed by atoms with Crippen molar-refractivity contribution < 1.29 is 13.9 Å². The van der Waals surface area contributed by atoms with Crippen LogP contribution < -0.4 is 0 Å². The zero-order valence-corrected chi connectivity index (χ0v) is 15.6. The second-order valence-electron chi connectivity index (χ2n) is 7.31. The van der Waals surface area contributed by atoms with Crippen LogP contribution in [0.4, 0.5) is 4.39 Å². The topological polar surface area (TPSA) is 26.3 Å². The van der Waals surface area contributed by atoms with Gasteiger partial charge in [-0.1, -0.05) is 50.1 Å². The van der Waals surface area contributed by atoms with Crippen LogP contribution in [0.15, 0.2) is 42.5 Å². The third kappa shape index (κ3) is 4.14. The molecule has 3 rings (SSSR count). The molecular weight excluding hydrogens is 327 g/mol. The summed E-state index contributed by atoms with van der Waals surface area (Å²) in [6, 6.07) is 13.1. The number of methoxy groups -OCH3 is 1. The Morgan fingerprint density at radius 3 is 2.27 bits per heavy atom. The summed E-state index contributed by atoms with van der Waals surface area (Å²) in [5.74, 6) is 0.359. The number of esters is 1. The third-order valence-corrected chi connectivity index (χ3v) is 5.63. The van der Waals surface area contributed by atoms with Crippen molar-refractivity contribution in [1.82, 2.24) is 0 Å². The van der Waals surface area contributed by atoms with Crippen molar-refractivity contribution >= 4 is 5.97 Å². The molecule has 0 saturated heterocycles. The van der Waals surface area contributed by atoms with Crippen molar-refractivity contribution in [3.05, 3.63) is 59.4 Å². The van der Waals surface area contributed by atoms with Crippen LogP contribution in [0.1, 0.15) is 67.3 Å². The minimum Gasteiger partial charge on any atom is -0.465 e. The lowest BCUT2D eigenvalue weighted by atomic mass is 9.77. The summed E-state index contributed by atoms with van der Waals surface area (Å²) >= 11 is 0. The predicted molar refractivity (Wildman–Crippen MR) is 103 cm³/mol. The third-order valence-electron chi connectivity index (χ3n) is 5.63. The maximum atomic E-state index is 14.1. The zero-order valence-electron chi connectivity index (χ0n) is 15.6. The standard InChI is InChI=1S/C23H27FO2/c1-3-4-16-5-7-17(8-6-16)18-9-11-19(12-10-18)20-13-14-21(22(24)15-20)23(25)26-2/h9-17H,3-8H2,1-2H3. The zero-order chi connectivity index (χ0) is 18.5. The molecule has 3 heteroatoms. The molecule has 1 fully saturated rings. The van der Waals surface area contributed by atoms with Crippen molar-refractivity contribution in [3.8, 4) is 11.1 Å². The van der Waals surface area contributed by atoms with Gasteiger partial charge in [0, 0.05) is 0 Å². The van der Waals surface area contributed by atoms with E-state index in [1.165, 1.54) is 63.3 Å². The van der Waals surface area contributed by atoms with Crippen LogP contribution in [-0.4, -0.2) is 13.1 Å². The van der Waals surface area contributed by atoms with Crippen LogP contribution in [0.25, 0.3) is 11.1 Å². The van der Waals surface area contributed by atoms with Crippen LogP contribution in [0.3, 0.4) is 0 Å². The van der Waals surface area contributed by atoms with Crippen molar-refractivity contribution in [3.63, 3.8) is 0 Å². The first kappa shape index (κ1) is 18.6. The van der Waals surface area contributed by atoms with Gasteiger partial charge in [-0.25, -0.2) is 9.18 Å². The number of carbonyl (C=O) groups is 1. The fourth-order valence-corrected chi connectivity index (χ4v) is 4.11. The summed E-state index contributed by atoms with van der Waals surface area (Å²) in [5, 5.41) is 0. The van der Waals surface area contributed by atoms with Gasteiger partial charge in [0.1, 0.15) is 5.82 Å². The molecule has 2 aromatic carbocycles. The number of ether oxygens (including phenoxy) is 1. The van der Waals surface area contributed by atoms with E-state index >= 15 is 0 Å². The Labute approximate surface area is 155 Å². The summed E-state index contributed by atoms with van der Waals surface area (Å²) in [5.41, 5.74) is 3.09. The van der Waals surface area contributed by atoms with E-state index in [1.807, 2.05) is 0 Å². The van der Waals surface area contributed by atoms with E-state index in [1.54, 1.807) is 6.07 Å². The Morgan fingerprint density at radius 2 is 1.69 bits per heavy atom. The Morgan fingerprint density at radius 1 is 1.04 bits per heavy atom. The molecule has 1 saturated carbocycles. The van der Waals surface area contributed by atoms with Crippen molar-refractivity contribution in [2.75, 3.05) is 7.11 Å². The monoisotopic (exact) mass is 354 g/mol. The van der Waals surface area contributed by atoms with E-state index in [0.717, 1.165) is 17.0 Å². The molecule has 0 bridgehead atoms. The molecule has 1 aliphatic carbocycles. The first-order valence-corrected chi connectivity index (χ1v) is 9.60. The average molecular weight is 354 g/mol. The van der Waals surface area contributed by atoms with Crippen LogP contribution in [-0.2, 0) is 4.74 Å². The quantitative estimate of drug-likeness (QED) is 0.585. The molecule has 2 nitrogen and oxygen atoms in total. The lowest BCUT2D eigenvalue weighted by molar-refractivity contribution is 0.0595. The highest BCUT2D eigenvalue weighted by molar-refractivity contribution is 5.90. The van der Waals surface area contributed by atoms with E-state index in [4.69, 9.17) is 0 Å². The summed E-state index contributed by atoms with van der Waals surface area (Å²) < 4.78 is 18.7. The van der Waals surface area contributed by atoms with Gasteiger partial charge in [-0.2, -0.15) is 0 Å². The molecule has 1 aliphatic rings. The molecule has 0 heterocycles. The molecule has 2 aromatic rings. The Kier molecular flexibility index (Phi) is 6.08. The predicted octanol–water partition coefficient (Wildman–Crippen LogP) is 6.35. The van der Waals surface area contributed by atoms with Crippen molar-refractivity contribution in [1.29, 1.82) is 0 Å². The smallest absolute Gasteiger partial charge is 0.340 e. The molecule has 0 N–H and O–H groups in total. The van der Waals surface area contributed by atoms with E-state index in [2.05, 4.69) is 35.9 Å². The van der Waals surface area contributed by atoms with Crippen LogP contribution >= 0.6 is 0 Å². The molecule has 0 atom stereocenters. The number of halogens is 1. The normalized spacial score (nSPS) is 20.0. The second-order valence-corrected chi connectivity index (χ2v) is 7.31. The average Bonchev–Trinajstić information content (AvgIpc) is 2.68. The van der Waals surface area contributed by atoms with Crippen molar-refractivity contribution in [2.24, 2.45) is 5.92 Å². The Bertz CT molecular complexity index is 743. The molecule has 0 amide bonds. The molecule has 0 aromatic heterocycles. The van der Waals surface area contributed by atoms with Gasteiger partial charge in [-0.05, 0) is 66.3 Å². The van der Waals surface area contributed by atoms with Gasteiger partial charge in [-0.3, -0.25) is 0 Å². The highest BCUT2D eigenvalue weighted by Gasteiger charge is 2.21. The maximum absolute atomic E-state index is 14.1. The van der Waals surface area contributed by atoms with Gasteiger partial charge in [0.2, 0.25) is 0 Å². The summed E-state index contributed by atoms with van der Waals surface area (Å²) in [6.45, 7) is 2.27. The Balaban J connectivity index is 1.70. The summed E-state index contributed by atoms with van der Waals surface area (Å²) in [7, 11) is 1.25. The Hall–Kier alpha value is -2.16. The molecule has 0 unspecified atom stereocenters. The van der Waals surface area contributed by atoms with Crippen LogP contribution in [0.5, 0.6) is 0 Å². The van der Waals surface area contributed by atoms with Gasteiger partial charge < -0.3 is 4.74 Å². The van der Waals surface area contributed by atoms with Crippen LogP contribution in [0.2, 0.25) is 0 Å². The number of hydrogen-bond acceptors (Lipinski definition) is 2. The maximum Gasteiger partial charge on any atom is 0.340 e. The van der Waals surface area contributed by atoms with Gasteiger partial charge >= 0.3 is 5.97 Å². The first-order valence-electron chi connectivity index (χ1n) is 9.60. The molecule has 138 valence electrons. The minimum atomic E-state index is -0.650. The second kappa shape index (κ2) is 8.48. The van der Waals surface area contributed by atoms with Crippen LogP contribution in [0, 0.1) is 11.7 Å². The van der Waals surface area contributed by atoms with Gasteiger partial charge in [0.15, 0.2) is 0 Å². The highest BCUT2D eigenvalue weighted by atomic mass is 19.1. The number of benzene rings is 2. The van der Waals surface area contributed by atoms with E-state index in [0.29, 0.717) is 5.92 Å².